The number of hydrogen-bond acceptors (Lipinski definition) is 3. The Kier molecular flexibility index (Phi) is 3.99. The van der Waals surface area contributed by atoms with E-state index in [1.807, 2.05) is 0 Å². The van der Waals surface area contributed by atoms with Crippen molar-refractivity contribution in [2.45, 2.75) is 50.6 Å². The summed E-state index contributed by atoms with van der Waals surface area (Å²) in [5, 5.41) is 3.62. The highest BCUT2D eigenvalue weighted by atomic mass is 15.3. The zero-order chi connectivity index (χ0) is 11.5. The average molecular weight is 237 g/mol. The SMILES string of the molecule is C1CCN(C2CCN(CC3CCCN3)C2)CC1. The van der Waals surface area contributed by atoms with Gasteiger partial charge in [-0.3, -0.25) is 4.90 Å². The third-order valence-corrected chi connectivity index (χ3v) is 4.80. The Morgan fingerprint density at radius 2 is 1.82 bits per heavy atom. The maximum Gasteiger partial charge on any atom is 0.0235 e. The minimum Gasteiger partial charge on any atom is -0.313 e. The Morgan fingerprint density at radius 1 is 0.941 bits per heavy atom. The molecular formula is C14H27N3. The lowest BCUT2D eigenvalue weighted by Gasteiger charge is -2.32. The van der Waals surface area contributed by atoms with Crippen LogP contribution in [0.3, 0.4) is 0 Å². The van der Waals surface area contributed by atoms with E-state index in [0.717, 1.165) is 12.1 Å². The van der Waals surface area contributed by atoms with E-state index < -0.39 is 0 Å². The highest BCUT2D eigenvalue weighted by molar-refractivity contribution is 4.87. The lowest BCUT2D eigenvalue weighted by atomic mass is 10.1. The van der Waals surface area contributed by atoms with Crippen LogP contribution in [-0.4, -0.2) is 61.2 Å². The molecule has 3 heterocycles. The summed E-state index contributed by atoms with van der Waals surface area (Å²) in [6.07, 6.45) is 8.51. The second kappa shape index (κ2) is 5.68. The number of rotatable bonds is 3. The largest absolute Gasteiger partial charge is 0.313 e. The van der Waals surface area contributed by atoms with Gasteiger partial charge in [-0.25, -0.2) is 0 Å². The van der Waals surface area contributed by atoms with Crippen LogP contribution >= 0.6 is 0 Å². The molecule has 17 heavy (non-hydrogen) atoms. The Labute approximate surface area is 106 Å². The van der Waals surface area contributed by atoms with Gasteiger partial charge in [-0.15, -0.1) is 0 Å². The number of nitrogens with zero attached hydrogens (tertiary/aromatic N) is 2. The van der Waals surface area contributed by atoms with Gasteiger partial charge >= 0.3 is 0 Å². The van der Waals surface area contributed by atoms with Gasteiger partial charge in [0.25, 0.3) is 0 Å². The molecule has 3 heteroatoms. The molecule has 1 N–H and O–H groups in total. The summed E-state index contributed by atoms with van der Waals surface area (Å²) < 4.78 is 0. The highest BCUT2D eigenvalue weighted by Crippen LogP contribution is 2.21. The Hall–Kier alpha value is -0.120. The van der Waals surface area contributed by atoms with Gasteiger partial charge in [-0.2, -0.15) is 0 Å². The van der Waals surface area contributed by atoms with Crippen LogP contribution < -0.4 is 5.32 Å². The van der Waals surface area contributed by atoms with E-state index in [2.05, 4.69) is 15.1 Å². The average Bonchev–Trinajstić information content (AvgIpc) is 3.02. The smallest absolute Gasteiger partial charge is 0.0235 e. The lowest BCUT2D eigenvalue weighted by molar-refractivity contribution is 0.160. The van der Waals surface area contributed by atoms with Gasteiger partial charge < -0.3 is 10.2 Å². The predicted octanol–water partition coefficient (Wildman–Crippen LogP) is 1.30. The van der Waals surface area contributed by atoms with Crippen molar-refractivity contribution >= 4 is 0 Å². The zero-order valence-electron chi connectivity index (χ0n) is 11.0. The first-order valence-electron chi connectivity index (χ1n) is 7.61. The van der Waals surface area contributed by atoms with Gasteiger partial charge in [0.05, 0.1) is 0 Å². The van der Waals surface area contributed by atoms with Gasteiger partial charge in [0.1, 0.15) is 0 Å². The Balaban J connectivity index is 1.44. The van der Waals surface area contributed by atoms with Gasteiger partial charge in [0, 0.05) is 25.2 Å². The van der Waals surface area contributed by atoms with Gasteiger partial charge in [0.2, 0.25) is 0 Å². The van der Waals surface area contributed by atoms with Crippen molar-refractivity contribution in [1.82, 2.24) is 15.1 Å². The summed E-state index contributed by atoms with van der Waals surface area (Å²) in [5.74, 6) is 0. The molecule has 2 unspecified atom stereocenters. The molecular weight excluding hydrogens is 210 g/mol. The van der Waals surface area contributed by atoms with Gasteiger partial charge in [-0.1, -0.05) is 6.42 Å². The molecule has 3 saturated heterocycles. The van der Waals surface area contributed by atoms with Crippen LogP contribution in [0.15, 0.2) is 0 Å². The molecule has 3 aliphatic rings. The molecule has 0 amide bonds. The van der Waals surface area contributed by atoms with E-state index >= 15 is 0 Å². The Bertz CT molecular complexity index is 232. The first-order valence-corrected chi connectivity index (χ1v) is 7.61. The summed E-state index contributed by atoms with van der Waals surface area (Å²) in [5.41, 5.74) is 0. The molecule has 3 rings (SSSR count). The molecule has 3 nitrogen and oxygen atoms in total. The molecule has 98 valence electrons. The summed E-state index contributed by atoms with van der Waals surface area (Å²) in [7, 11) is 0. The van der Waals surface area contributed by atoms with Crippen molar-refractivity contribution in [1.29, 1.82) is 0 Å². The highest BCUT2D eigenvalue weighted by Gasteiger charge is 2.29. The van der Waals surface area contributed by atoms with Crippen molar-refractivity contribution in [3.05, 3.63) is 0 Å². The standard InChI is InChI=1S/C14H27N3/c1-2-8-17(9-3-1)14-6-10-16(12-14)11-13-5-4-7-15-13/h13-15H,1-12H2. The summed E-state index contributed by atoms with van der Waals surface area (Å²) >= 11 is 0. The first-order chi connectivity index (χ1) is 8.42. The number of nitrogens with one attached hydrogen (secondary N) is 1. The molecule has 0 radical (unpaired) electrons. The molecule has 0 aromatic rings. The molecule has 3 fully saturated rings. The van der Waals surface area contributed by atoms with E-state index in [1.165, 1.54) is 77.8 Å². The van der Waals surface area contributed by atoms with E-state index in [9.17, 15) is 0 Å². The van der Waals surface area contributed by atoms with Crippen LogP contribution in [0.5, 0.6) is 0 Å². The second-order valence-corrected chi connectivity index (χ2v) is 6.09. The van der Waals surface area contributed by atoms with Crippen molar-refractivity contribution in [3.8, 4) is 0 Å². The normalized spacial score (nSPS) is 36.7. The van der Waals surface area contributed by atoms with E-state index in [1.54, 1.807) is 0 Å². The maximum absolute atomic E-state index is 3.62. The van der Waals surface area contributed by atoms with Crippen LogP contribution in [0.4, 0.5) is 0 Å². The van der Waals surface area contributed by atoms with Crippen molar-refractivity contribution < 1.29 is 0 Å². The van der Waals surface area contributed by atoms with E-state index in [-0.39, 0.29) is 0 Å². The molecule has 0 bridgehead atoms. The fourth-order valence-electron chi connectivity index (χ4n) is 3.78. The number of likely N-dealkylation sites (tertiary alicyclic amines) is 2. The summed E-state index contributed by atoms with van der Waals surface area (Å²) in [6.45, 7) is 7.93. The fraction of sp³-hybridized carbons (Fsp3) is 1.00. The second-order valence-electron chi connectivity index (χ2n) is 6.09. The van der Waals surface area contributed by atoms with E-state index in [0.29, 0.717) is 0 Å². The summed E-state index contributed by atoms with van der Waals surface area (Å²) in [6, 6.07) is 1.66. The monoisotopic (exact) mass is 237 g/mol. The Morgan fingerprint density at radius 3 is 2.59 bits per heavy atom. The topological polar surface area (TPSA) is 18.5 Å². The molecule has 0 aromatic carbocycles. The van der Waals surface area contributed by atoms with Crippen LogP contribution in [0.25, 0.3) is 0 Å². The number of piperidine rings is 1. The molecule has 2 atom stereocenters. The minimum absolute atomic E-state index is 0.787. The molecule has 0 aliphatic carbocycles. The minimum atomic E-state index is 0.787. The van der Waals surface area contributed by atoms with Crippen molar-refractivity contribution in [2.75, 3.05) is 39.3 Å². The van der Waals surface area contributed by atoms with Crippen LogP contribution in [0.1, 0.15) is 38.5 Å². The van der Waals surface area contributed by atoms with Crippen LogP contribution in [0, 0.1) is 0 Å². The first kappa shape index (κ1) is 11.9. The molecule has 0 spiro atoms. The number of hydrogen-bond donors (Lipinski definition) is 1. The van der Waals surface area contributed by atoms with Gasteiger partial charge in [0.15, 0.2) is 0 Å². The van der Waals surface area contributed by atoms with Crippen LogP contribution in [-0.2, 0) is 0 Å². The summed E-state index contributed by atoms with van der Waals surface area (Å²) in [4.78, 5) is 5.45. The van der Waals surface area contributed by atoms with Crippen LogP contribution in [0.2, 0.25) is 0 Å². The zero-order valence-corrected chi connectivity index (χ0v) is 11.0. The van der Waals surface area contributed by atoms with Crippen molar-refractivity contribution in [3.63, 3.8) is 0 Å². The predicted molar refractivity (Wildman–Crippen MR) is 71.3 cm³/mol. The molecule has 3 aliphatic heterocycles. The quantitative estimate of drug-likeness (QED) is 0.798. The molecule has 0 aromatic heterocycles. The van der Waals surface area contributed by atoms with E-state index in [4.69, 9.17) is 0 Å². The lowest BCUT2D eigenvalue weighted by Crippen LogP contribution is -2.42. The third-order valence-electron chi connectivity index (χ3n) is 4.80. The third kappa shape index (κ3) is 3.01. The fourth-order valence-corrected chi connectivity index (χ4v) is 3.78. The molecule has 0 saturated carbocycles. The van der Waals surface area contributed by atoms with Crippen molar-refractivity contribution in [2.24, 2.45) is 0 Å². The van der Waals surface area contributed by atoms with Gasteiger partial charge in [-0.05, 0) is 58.3 Å². The maximum atomic E-state index is 3.62.